The molecule has 1 atom stereocenters. The van der Waals surface area contributed by atoms with Crippen molar-refractivity contribution in [1.29, 1.82) is 0 Å². The van der Waals surface area contributed by atoms with Crippen LogP contribution in [0.4, 0.5) is 4.39 Å². The molecular weight excluding hydrogens is 387 g/mol. The number of esters is 1. The van der Waals surface area contributed by atoms with Crippen LogP contribution in [-0.2, 0) is 11.8 Å². The van der Waals surface area contributed by atoms with E-state index in [1.165, 1.54) is 29.2 Å². The van der Waals surface area contributed by atoms with Gasteiger partial charge in [0.15, 0.2) is 5.78 Å². The first-order chi connectivity index (χ1) is 14.1. The van der Waals surface area contributed by atoms with E-state index in [-0.39, 0.29) is 18.3 Å². The van der Waals surface area contributed by atoms with Crippen molar-refractivity contribution < 1.29 is 23.5 Å². The molecule has 0 saturated carbocycles. The van der Waals surface area contributed by atoms with E-state index in [4.69, 9.17) is 4.74 Å². The highest BCUT2D eigenvalue weighted by molar-refractivity contribution is 6.07. The van der Waals surface area contributed by atoms with Crippen LogP contribution in [0.25, 0.3) is 0 Å². The van der Waals surface area contributed by atoms with Gasteiger partial charge >= 0.3 is 5.97 Å². The molecule has 0 aliphatic heterocycles. The Balaban J connectivity index is 2.42. The van der Waals surface area contributed by atoms with Crippen molar-refractivity contribution in [2.75, 3.05) is 13.2 Å². The van der Waals surface area contributed by atoms with E-state index in [0.717, 1.165) is 0 Å². The third-order valence-electron chi connectivity index (χ3n) is 5.31. The average Bonchev–Trinajstić information content (AvgIpc) is 2.93. The fourth-order valence-corrected chi connectivity index (χ4v) is 3.65. The van der Waals surface area contributed by atoms with E-state index in [9.17, 15) is 18.8 Å². The summed E-state index contributed by atoms with van der Waals surface area (Å²) in [5, 5.41) is 0. The van der Waals surface area contributed by atoms with Crippen molar-refractivity contribution in [2.24, 2.45) is 7.05 Å². The van der Waals surface area contributed by atoms with Gasteiger partial charge in [-0.3, -0.25) is 9.59 Å². The number of aromatic nitrogens is 1. The summed E-state index contributed by atoms with van der Waals surface area (Å²) >= 11 is 0. The van der Waals surface area contributed by atoms with Crippen molar-refractivity contribution in [1.82, 2.24) is 9.47 Å². The summed E-state index contributed by atoms with van der Waals surface area (Å²) < 4.78 is 20.0. The molecule has 30 heavy (non-hydrogen) atoms. The van der Waals surface area contributed by atoms with E-state index in [1.807, 2.05) is 6.92 Å². The predicted molar refractivity (Wildman–Crippen MR) is 112 cm³/mol. The van der Waals surface area contributed by atoms with Gasteiger partial charge in [0.25, 0.3) is 5.91 Å². The van der Waals surface area contributed by atoms with Gasteiger partial charge < -0.3 is 14.2 Å². The van der Waals surface area contributed by atoms with Crippen molar-refractivity contribution >= 4 is 17.7 Å². The van der Waals surface area contributed by atoms with E-state index < -0.39 is 17.8 Å². The Morgan fingerprint density at radius 1 is 1.13 bits per heavy atom. The van der Waals surface area contributed by atoms with Gasteiger partial charge in [0.05, 0.1) is 12.6 Å². The largest absolute Gasteiger partial charge is 0.461 e. The minimum Gasteiger partial charge on any atom is -0.461 e. The van der Waals surface area contributed by atoms with Gasteiger partial charge in [-0.15, -0.1) is 0 Å². The molecule has 1 amide bonds. The fourth-order valence-electron chi connectivity index (χ4n) is 3.65. The summed E-state index contributed by atoms with van der Waals surface area (Å²) in [6, 6.07) is 4.52. The minimum atomic E-state index is -0.752. The van der Waals surface area contributed by atoms with Crippen LogP contribution in [0, 0.1) is 19.7 Å². The van der Waals surface area contributed by atoms with Crippen LogP contribution in [0.2, 0.25) is 0 Å². The Hall–Kier alpha value is -2.96. The fraction of sp³-hybridized carbons (Fsp3) is 0.435. The highest BCUT2D eigenvalue weighted by Crippen LogP contribution is 2.25. The van der Waals surface area contributed by atoms with Crippen molar-refractivity contribution in [3.05, 3.63) is 58.2 Å². The molecule has 0 saturated heterocycles. The van der Waals surface area contributed by atoms with Gasteiger partial charge in [-0.05, 0) is 63.9 Å². The molecule has 162 valence electrons. The first-order valence-electron chi connectivity index (χ1n) is 10.1. The molecule has 0 aliphatic rings. The smallest absolute Gasteiger partial charge is 0.355 e. The highest BCUT2D eigenvalue weighted by Gasteiger charge is 2.32. The Kier molecular flexibility index (Phi) is 7.54. The van der Waals surface area contributed by atoms with Gasteiger partial charge in [-0.1, -0.05) is 6.92 Å². The topological polar surface area (TPSA) is 68.6 Å². The second kappa shape index (κ2) is 9.69. The van der Waals surface area contributed by atoms with Gasteiger partial charge in [-0.2, -0.15) is 0 Å². The Morgan fingerprint density at radius 2 is 1.73 bits per heavy atom. The lowest BCUT2D eigenvalue weighted by Gasteiger charge is -2.28. The lowest BCUT2D eigenvalue weighted by atomic mass is 9.99. The molecule has 0 N–H and O–H groups in total. The molecule has 0 aliphatic carbocycles. The van der Waals surface area contributed by atoms with Crippen LogP contribution in [-0.4, -0.2) is 46.3 Å². The number of rotatable bonds is 8. The number of hydrogen-bond donors (Lipinski definition) is 0. The molecule has 0 bridgehead atoms. The number of carbonyl (C=O) groups excluding carboxylic acids is 3. The summed E-state index contributed by atoms with van der Waals surface area (Å²) in [5.74, 6) is -1.51. The first kappa shape index (κ1) is 23.3. The van der Waals surface area contributed by atoms with E-state index >= 15 is 0 Å². The predicted octanol–water partition coefficient (Wildman–Crippen LogP) is 4.08. The maximum absolute atomic E-state index is 13.4. The van der Waals surface area contributed by atoms with Gasteiger partial charge in [0.1, 0.15) is 11.5 Å². The zero-order chi connectivity index (χ0) is 22.6. The van der Waals surface area contributed by atoms with E-state index in [1.54, 1.807) is 39.3 Å². The maximum atomic E-state index is 13.4. The second-order valence-corrected chi connectivity index (χ2v) is 7.26. The van der Waals surface area contributed by atoms with E-state index in [2.05, 4.69) is 0 Å². The molecule has 6 nitrogen and oxygen atoms in total. The number of carbonyl (C=O) groups is 3. The molecule has 0 radical (unpaired) electrons. The number of hydrogen-bond acceptors (Lipinski definition) is 4. The monoisotopic (exact) mass is 416 g/mol. The lowest BCUT2D eigenvalue weighted by Crippen LogP contribution is -2.44. The molecule has 1 aromatic carbocycles. The molecule has 0 fully saturated rings. The molecular formula is C23H29FN2O4. The summed E-state index contributed by atoms with van der Waals surface area (Å²) in [7, 11) is 1.71. The third-order valence-corrected chi connectivity index (χ3v) is 5.31. The number of benzene rings is 1. The summed E-state index contributed by atoms with van der Waals surface area (Å²) in [5.41, 5.74) is 2.24. The Bertz CT molecular complexity index is 947. The van der Waals surface area contributed by atoms with E-state index in [0.29, 0.717) is 41.0 Å². The zero-order valence-corrected chi connectivity index (χ0v) is 18.4. The first-order valence-corrected chi connectivity index (χ1v) is 10.1. The zero-order valence-electron chi connectivity index (χ0n) is 18.4. The van der Waals surface area contributed by atoms with Crippen LogP contribution in [0.5, 0.6) is 0 Å². The number of amides is 1. The molecule has 2 aromatic rings. The molecule has 2 rings (SSSR count). The SMILES string of the molecule is CCCN(C(=O)c1ccc(F)cc1)C(C)C(=O)c1c(C)c(C(=O)OCC)n(C)c1C. The number of halogens is 1. The number of ketones is 1. The van der Waals surface area contributed by atoms with Crippen LogP contribution in [0.15, 0.2) is 24.3 Å². The van der Waals surface area contributed by atoms with Gasteiger partial charge in [0.2, 0.25) is 0 Å². The standard InChI is InChI=1S/C23H29FN2O4/c1-7-13-26(22(28)17-9-11-18(24)12-10-17)16(5)21(27)19-14(3)20(23(29)30-8-2)25(6)15(19)4/h9-12,16H,7-8,13H2,1-6H3. The normalized spacial score (nSPS) is 11.8. The van der Waals surface area contributed by atoms with Crippen LogP contribution in [0.3, 0.4) is 0 Å². The van der Waals surface area contributed by atoms with Gasteiger partial charge in [-0.25, -0.2) is 9.18 Å². The lowest BCUT2D eigenvalue weighted by molar-refractivity contribution is 0.0513. The highest BCUT2D eigenvalue weighted by atomic mass is 19.1. The van der Waals surface area contributed by atoms with Crippen molar-refractivity contribution in [3.63, 3.8) is 0 Å². The van der Waals surface area contributed by atoms with Crippen LogP contribution >= 0.6 is 0 Å². The molecule has 1 heterocycles. The molecule has 7 heteroatoms. The van der Waals surface area contributed by atoms with Crippen molar-refractivity contribution in [2.45, 2.75) is 47.1 Å². The molecule has 0 spiro atoms. The number of ether oxygens (including phenoxy) is 1. The van der Waals surface area contributed by atoms with Crippen LogP contribution in [0.1, 0.15) is 69.7 Å². The third kappa shape index (κ3) is 4.45. The number of Topliss-reactive ketones (excluding diaryl/α,β-unsaturated/α-hetero) is 1. The average molecular weight is 416 g/mol. The van der Waals surface area contributed by atoms with Gasteiger partial charge in [0, 0.05) is 30.4 Å². The quantitative estimate of drug-likeness (QED) is 0.480. The minimum absolute atomic E-state index is 0.235. The maximum Gasteiger partial charge on any atom is 0.355 e. The second-order valence-electron chi connectivity index (χ2n) is 7.26. The molecule has 1 unspecified atom stereocenters. The van der Waals surface area contributed by atoms with Crippen LogP contribution < -0.4 is 0 Å². The van der Waals surface area contributed by atoms with Crippen molar-refractivity contribution in [3.8, 4) is 0 Å². The summed E-state index contributed by atoms with van der Waals surface area (Å²) in [4.78, 5) is 40.3. The Morgan fingerprint density at radius 3 is 2.27 bits per heavy atom. The summed E-state index contributed by atoms with van der Waals surface area (Å²) in [6.45, 7) is 9.40. The molecule has 1 aromatic heterocycles. The number of nitrogens with zero attached hydrogens (tertiary/aromatic N) is 2. The summed E-state index contributed by atoms with van der Waals surface area (Å²) in [6.07, 6.45) is 0.658. The Labute approximate surface area is 176 Å².